The number of halogens is 1. The van der Waals surface area contributed by atoms with Crippen LogP contribution in [0.25, 0.3) is 0 Å². The summed E-state index contributed by atoms with van der Waals surface area (Å²) in [5, 5.41) is 10.4. The van der Waals surface area contributed by atoms with Crippen molar-refractivity contribution < 1.29 is 4.79 Å². The molecule has 1 aromatic carbocycles. The standard InChI is InChI=1S/C14H21BrN4O/c1-3-4-5-9-18-14(20)19(13(16)17)12-10(2)7-6-8-11(12)15/h6-8H,3-5,9H2,1-2H3,(H3,16,17)(H,18,20). The molecule has 0 aliphatic carbocycles. The third-order valence-corrected chi connectivity index (χ3v) is 3.55. The number of amides is 2. The van der Waals surface area contributed by atoms with E-state index < -0.39 is 0 Å². The number of aryl methyl sites for hydroxylation is 1. The van der Waals surface area contributed by atoms with Crippen LogP contribution < -0.4 is 16.0 Å². The van der Waals surface area contributed by atoms with E-state index in [9.17, 15) is 4.79 Å². The zero-order chi connectivity index (χ0) is 15.1. The van der Waals surface area contributed by atoms with Crippen molar-refractivity contribution in [2.24, 2.45) is 5.73 Å². The zero-order valence-electron chi connectivity index (χ0n) is 11.9. The van der Waals surface area contributed by atoms with Crippen LogP contribution in [-0.4, -0.2) is 18.5 Å². The Kier molecular flexibility index (Phi) is 6.51. The number of rotatable bonds is 5. The van der Waals surface area contributed by atoms with Crippen LogP contribution in [0.15, 0.2) is 22.7 Å². The summed E-state index contributed by atoms with van der Waals surface area (Å²) in [7, 11) is 0. The normalized spacial score (nSPS) is 10.2. The Morgan fingerprint density at radius 1 is 1.45 bits per heavy atom. The molecule has 110 valence electrons. The number of carbonyl (C=O) groups excluding carboxylic acids is 1. The number of unbranched alkanes of at least 4 members (excludes halogenated alkanes) is 2. The van der Waals surface area contributed by atoms with E-state index in [0.29, 0.717) is 12.2 Å². The molecule has 1 aromatic rings. The maximum Gasteiger partial charge on any atom is 0.328 e. The minimum Gasteiger partial charge on any atom is -0.369 e. The highest BCUT2D eigenvalue weighted by molar-refractivity contribution is 9.10. The molecule has 4 N–H and O–H groups in total. The first kappa shape index (κ1) is 16.5. The second-order valence-corrected chi connectivity index (χ2v) is 5.42. The van der Waals surface area contributed by atoms with E-state index in [0.717, 1.165) is 29.3 Å². The van der Waals surface area contributed by atoms with Crippen molar-refractivity contribution in [1.82, 2.24) is 5.32 Å². The number of benzene rings is 1. The number of nitrogens with two attached hydrogens (primary N) is 1. The summed E-state index contributed by atoms with van der Waals surface area (Å²) in [5.74, 6) is -0.298. The molecule has 0 unspecified atom stereocenters. The van der Waals surface area contributed by atoms with Gasteiger partial charge in [-0.2, -0.15) is 0 Å². The maximum absolute atomic E-state index is 12.2. The van der Waals surface area contributed by atoms with Crippen molar-refractivity contribution in [1.29, 1.82) is 5.41 Å². The van der Waals surface area contributed by atoms with Crippen LogP contribution in [0.5, 0.6) is 0 Å². The molecular formula is C14H21BrN4O. The van der Waals surface area contributed by atoms with Gasteiger partial charge >= 0.3 is 6.03 Å². The van der Waals surface area contributed by atoms with Crippen LogP contribution in [0.3, 0.4) is 0 Å². The number of hydrogen-bond donors (Lipinski definition) is 3. The summed E-state index contributed by atoms with van der Waals surface area (Å²) in [6.07, 6.45) is 3.08. The summed E-state index contributed by atoms with van der Waals surface area (Å²) in [6.45, 7) is 4.56. The molecule has 0 bridgehead atoms. The minimum atomic E-state index is -0.372. The van der Waals surface area contributed by atoms with Gasteiger partial charge in [0.1, 0.15) is 0 Å². The van der Waals surface area contributed by atoms with E-state index in [1.165, 1.54) is 4.90 Å². The first-order valence-corrected chi connectivity index (χ1v) is 7.45. The Labute approximate surface area is 128 Å². The van der Waals surface area contributed by atoms with Crippen molar-refractivity contribution in [3.05, 3.63) is 28.2 Å². The number of nitrogens with one attached hydrogen (secondary N) is 2. The van der Waals surface area contributed by atoms with Gasteiger partial charge in [-0.15, -0.1) is 0 Å². The van der Waals surface area contributed by atoms with E-state index in [2.05, 4.69) is 28.2 Å². The van der Waals surface area contributed by atoms with Gasteiger partial charge < -0.3 is 11.1 Å². The maximum atomic E-state index is 12.2. The van der Waals surface area contributed by atoms with Gasteiger partial charge in [0, 0.05) is 11.0 Å². The third kappa shape index (κ3) is 4.23. The van der Waals surface area contributed by atoms with Gasteiger partial charge in [-0.05, 0) is 40.9 Å². The highest BCUT2D eigenvalue weighted by atomic mass is 79.9. The number of para-hydroxylation sites is 1. The Morgan fingerprint density at radius 2 is 2.15 bits per heavy atom. The van der Waals surface area contributed by atoms with E-state index >= 15 is 0 Å². The second kappa shape index (κ2) is 7.89. The molecule has 0 aliphatic rings. The molecule has 20 heavy (non-hydrogen) atoms. The van der Waals surface area contributed by atoms with Gasteiger partial charge in [-0.1, -0.05) is 31.9 Å². The molecule has 0 radical (unpaired) electrons. The van der Waals surface area contributed by atoms with Gasteiger partial charge in [-0.3, -0.25) is 5.41 Å². The highest BCUT2D eigenvalue weighted by Crippen LogP contribution is 2.29. The van der Waals surface area contributed by atoms with E-state index in [1.54, 1.807) is 0 Å². The first-order chi connectivity index (χ1) is 9.49. The van der Waals surface area contributed by atoms with Crippen LogP contribution >= 0.6 is 15.9 Å². The lowest BCUT2D eigenvalue weighted by molar-refractivity contribution is 0.248. The largest absolute Gasteiger partial charge is 0.369 e. The molecule has 0 saturated heterocycles. The lowest BCUT2D eigenvalue weighted by atomic mass is 10.2. The molecular weight excluding hydrogens is 320 g/mol. The summed E-state index contributed by atoms with van der Waals surface area (Å²) >= 11 is 3.40. The van der Waals surface area contributed by atoms with E-state index in [4.69, 9.17) is 11.1 Å². The molecule has 2 amide bonds. The van der Waals surface area contributed by atoms with Crippen molar-refractivity contribution in [3.63, 3.8) is 0 Å². The molecule has 0 spiro atoms. The van der Waals surface area contributed by atoms with Crippen molar-refractivity contribution >= 4 is 33.6 Å². The number of hydrogen-bond acceptors (Lipinski definition) is 2. The van der Waals surface area contributed by atoms with Gasteiger partial charge in [0.15, 0.2) is 0 Å². The fourth-order valence-corrected chi connectivity index (χ4v) is 2.53. The Bertz CT molecular complexity index is 470. The molecule has 0 atom stereocenters. The van der Waals surface area contributed by atoms with Gasteiger partial charge in [0.05, 0.1) is 5.69 Å². The SMILES string of the molecule is CCCCCNC(=O)N(C(=N)N)c1c(C)cccc1Br. The summed E-state index contributed by atoms with van der Waals surface area (Å²) in [4.78, 5) is 13.4. The Balaban J connectivity index is 2.89. The summed E-state index contributed by atoms with van der Waals surface area (Å²) in [5.41, 5.74) is 7.04. The number of guanidine groups is 1. The van der Waals surface area contributed by atoms with Crippen molar-refractivity contribution in [3.8, 4) is 0 Å². The molecule has 0 fully saturated rings. The predicted molar refractivity (Wildman–Crippen MR) is 86.2 cm³/mol. The Hall–Kier alpha value is -1.56. The number of urea groups is 1. The van der Waals surface area contributed by atoms with E-state index in [1.807, 2.05) is 25.1 Å². The van der Waals surface area contributed by atoms with Gasteiger partial charge in [0.25, 0.3) is 0 Å². The Morgan fingerprint density at radius 3 is 2.70 bits per heavy atom. The average Bonchev–Trinajstić information content (AvgIpc) is 2.38. The lowest BCUT2D eigenvalue weighted by Gasteiger charge is -2.24. The van der Waals surface area contributed by atoms with Crippen LogP contribution in [0.4, 0.5) is 10.5 Å². The zero-order valence-corrected chi connectivity index (χ0v) is 13.5. The van der Waals surface area contributed by atoms with Crippen molar-refractivity contribution in [2.75, 3.05) is 11.4 Å². The highest BCUT2D eigenvalue weighted by Gasteiger charge is 2.22. The number of nitrogens with zero attached hydrogens (tertiary/aromatic N) is 1. The molecule has 0 aromatic heterocycles. The van der Waals surface area contributed by atoms with Crippen molar-refractivity contribution in [2.45, 2.75) is 33.1 Å². The minimum absolute atomic E-state index is 0.298. The summed E-state index contributed by atoms with van der Waals surface area (Å²) in [6, 6.07) is 5.20. The first-order valence-electron chi connectivity index (χ1n) is 6.66. The molecule has 0 saturated carbocycles. The van der Waals surface area contributed by atoms with Gasteiger partial charge in [-0.25, -0.2) is 9.69 Å². The quantitative estimate of drug-likeness (QED) is 0.436. The third-order valence-electron chi connectivity index (χ3n) is 2.91. The monoisotopic (exact) mass is 340 g/mol. The topological polar surface area (TPSA) is 82.2 Å². The van der Waals surface area contributed by atoms with Gasteiger partial charge in [0.2, 0.25) is 5.96 Å². The van der Waals surface area contributed by atoms with Crippen LogP contribution in [0, 0.1) is 12.3 Å². The molecule has 0 aliphatic heterocycles. The second-order valence-electron chi connectivity index (χ2n) is 4.57. The van der Waals surface area contributed by atoms with Crippen LogP contribution in [0.2, 0.25) is 0 Å². The van der Waals surface area contributed by atoms with Crippen LogP contribution in [-0.2, 0) is 0 Å². The fourth-order valence-electron chi connectivity index (χ4n) is 1.89. The smallest absolute Gasteiger partial charge is 0.328 e. The van der Waals surface area contributed by atoms with Crippen LogP contribution in [0.1, 0.15) is 31.7 Å². The molecule has 1 rings (SSSR count). The average molecular weight is 341 g/mol. The molecule has 5 nitrogen and oxygen atoms in total. The molecule has 6 heteroatoms. The number of carbonyl (C=O) groups is 1. The predicted octanol–water partition coefficient (Wildman–Crippen LogP) is 3.36. The van der Waals surface area contributed by atoms with E-state index in [-0.39, 0.29) is 12.0 Å². The number of anilines is 1. The summed E-state index contributed by atoms with van der Waals surface area (Å²) < 4.78 is 0.733. The molecule has 0 heterocycles. The lowest BCUT2D eigenvalue weighted by Crippen LogP contribution is -2.48. The fraction of sp³-hybridized carbons (Fsp3) is 0.429.